The molecule has 0 radical (unpaired) electrons. The molecule has 2 N–H and O–H groups in total. The molecule has 1 atom stereocenters. The minimum Gasteiger partial charge on any atom is -0.463 e. The van der Waals surface area contributed by atoms with Crippen molar-refractivity contribution in [2.75, 3.05) is 13.2 Å². The molecule has 2 amide bonds. The van der Waals surface area contributed by atoms with Gasteiger partial charge in [0.25, 0.3) is 0 Å². The Morgan fingerprint density at radius 1 is 1.25 bits per heavy atom. The van der Waals surface area contributed by atoms with Gasteiger partial charge in [-0.25, -0.2) is 14.4 Å². The smallest absolute Gasteiger partial charge is 0.355 e. The van der Waals surface area contributed by atoms with Crippen LogP contribution in [0.15, 0.2) is 29.6 Å². The Labute approximate surface area is 139 Å². The van der Waals surface area contributed by atoms with Crippen LogP contribution in [-0.2, 0) is 21.3 Å². The monoisotopic (exact) mass is 335 g/mol. The van der Waals surface area contributed by atoms with E-state index in [2.05, 4.69) is 10.6 Å². The number of carbonyl (C=O) groups is 3. The third-order valence-electron chi connectivity index (χ3n) is 3.65. The van der Waals surface area contributed by atoms with Gasteiger partial charge in [-0.3, -0.25) is 0 Å². The molecule has 1 aliphatic rings. The predicted molar refractivity (Wildman–Crippen MR) is 85.1 cm³/mol. The van der Waals surface area contributed by atoms with Crippen molar-refractivity contribution in [1.82, 2.24) is 15.2 Å². The van der Waals surface area contributed by atoms with Crippen molar-refractivity contribution in [2.45, 2.75) is 26.3 Å². The van der Waals surface area contributed by atoms with Crippen LogP contribution in [-0.4, -0.2) is 41.8 Å². The highest BCUT2D eigenvalue weighted by molar-refractivity contribution is 5.95. The molecule has 130 valence electrons. The summed E-state index contributed by atoms with van der Waals surface area (Å²) in [7, 11) is 1.72. The molecule has 0 spiro atoms. The lowest BCUT2D eigenvalue weighted by Gasteiger charge is -2.28. The topological polar surface area (TPSA) is 98.7 Å². The van der Waals surface area contributed by atoms with Gasteiger partial charge in [-0.05, 0) is 25.5 Å². The van der Waals surface area contributed by atoms with Crippen molar-refractivity contribution in [3.05, 3.63) is 35.3 Å². The maximum Gasteiger partial charge on any atom is 0.355 e. The molecule has 0 bridgehead atoms. The molecule has 24 heavy (non-hydrogen) atoms. The summed E-state index contributed by atoms with van der Waals surface area (Å²) in [6.45, 7) is 3.53. The number of hydrogen-bond acceptors (Lipinski definition) is 5. The maximum absolute atomic E-state index is 12.2. The van der Waals surface area contributed by atoms with E-state index >= 15 is 0 Å². The number of carbonyl (C=O) groups excluding carboxylic acids is 3. The zero-order valence-electron chi connectivity index (χ0n) is 13.9. The number of esters is 2. The van der Waals surface area contributed by atoms with Crippen LogP contribution < -0.4 is 10.6 Å². The van der Waals surface area contributed by atoms with E-state index in [1.165, 1.54) is 0 Å². The molecule has 0 saturated heterocycles. The average Bonchev–Trinajstić information content (AvgIpc) is 2.98. The number of aromatic nitrogens is 1. The van der Waals surface area contributed by atoms with E-state index in [1.807, 2.05) is 6.92 Å². The van der Waals surface area contributed by atoms with E-state index in [-0.39, 0.29) is 24.5 Å². The molecule has 8 heteroatoms. The molecule has 1 aromatic heterocycles. The summed E-state index contributed by atoms with van der Waals surface area (Å²) in [4.78, 5) is 36.0. The summed E-state index contributed by atoms with van der Waals surface area (Å²) in [6, 6.07) is 2.42. The lowest BCUT2D eigenvalue weighted by molar-refractivity contribution is -0.139. The molecule has 2 heterocycles. The molecular weight excluding hydrogens is 314 g/mol. The van der Waals surface area contributed by atoms with Gasteiger partial charge in [0.2, 0.25) is 0 Å². The lowest BCUT2D eigenvalue weighted by Crippen LogP contribution is -2.51. The van der Waals surface area contributed by atoms with Crippen molar-refractivity contribution in [1.29, 1.82) is 0 Å². The van der Waals surface area contributed by atoms with Crippen LogP contribution in [0.4, 0.5) is 4.79 Å². The number of ether oxygens (including phenoxy) is 2. The molecule has 0 aliphatic carbocycles. The van der Waals surface area contributed by atoms with Gasteiger partial charge >= 0.3 is 18.0 Å². The summed E-state index contributed by atoms with van der Waals surface area (Å²) in [5.41, 5.74) is 0.894. The van der Waals surface area contributed by atoms with Gasteiger partial charge in [0, 0.05) is 13.2 Å². The highest BCUT2D eigenvalue weighted by atomic mass is 16.5. The SMILES string of the molecule is CCOC(=O)C1=C(COC(=O)c2cccn2C)NC(=O)N[C@@H]1CC. The number of amides is 2. The molecule has 0 saturated carbocycles. The number of rotatable bonds is 6. The number of nitrogens with zero attached hydrogens (tertiary/aromatic N) is 1. The van der Waals surface area contributed by atoms with Crippen LogP contribution in [0.25, 0.3) is 0 Å². The number of aryl methyl sites for hydroxylation is 1. The van der Waals surface area contributed by atoms with Gasteiger partial charge in [0.15, 0.2) is 0 Å². The van der Waals surface area contributed by atoms with E-state index in [9.17, 15) is 14.4 Å². The summed E-state index contributed by atoms with van der Waals surface area (Å²) >= 11 is 0. The standard InChI is InChI=1S/C16H21N3O5/c1-4-10-13(15(21)23-5-2)11(18-16(22)17-10)9-24-14(20)12-7-6-8-19(12)3/h6-8,10H,4-5,9H2,1-3H3,(H2,17,18,22)/t10-/m1/s1. The first-order chi connectivity index (χ1) is 11.5. The van der Waals surface area contributed by atoms with Crippen molar-refractivity contribution in [2.24, 2.45) is 7.05 Å². The fourth-order valence-corrected chi connectivity index (χ4v) is 2.46. The van der Waals surface area contributed by atoms with E-state index in [4.69, 9.17) is 9.47 Å². The number of nitrogens with one attached hydrogen (secondary N) is 2. The Morgan fingerprint density at radius 2 is 2.00 bits per heavy atom. The second-order valence-corrected chi connectivity index (χ2v) is 5.25. The van der Waals surface area contributed by atoms with Gasteiger partial charge < -0.3 is 24.7 Å². The Morgan fingerprint density at radius 3 is 2.58 bits per heavy atom. The molecule has 1 aromatic rings. The van der Waals surface area contributed by atoms with E-state index in [0.717, 1.165) is 0 Å². The van der Waals surface area contributed by atoms with Crippen LogP contribution in [0.1, 0.15) is 30.8 Å². The van der Waals surface area contributed by atoms with Crippen LogP contribution >= 0.6 is 0 Å². The largest absolute Gasteiger partial charge is 0.463 e. The average molecular weight is 335 g/mol. The summed E-state index contributed by atoms with van der Waals surface area (Å²) in [6.07, 6.45) is 2.23. The Balaban J connectivity index is 2.21. The predicted octanol–water partition coefficient (Wildman–Crippen LogP) is 1.09. The van der Waals surface area contributed by atoms with Gasteiger partial charge in [-0.1, -0.05) is 6.92 Å². The minimum absolute atomic E-state index is 0.211. The van der Waals surface area contributed by atoms with Gasteiger partial charge in [-0.2, -0.15) is 0 Å². The molecule has 0 fully saturated rings. The molecule has 2 rings (SSSR count). The lowest BCUT2D eigenvalue weighted by atomic mass is 10.0. The second kappa shape index (κ2) is 7.67. The molecule has 0 aromatic carbocycles. The third-order valence-corrected chi connectivity index (χ3v) is 3.65. The highest BCUT2D eigenvalue weighted by Crippen LogP contribution is 2.17. The van der Waals surface area contributed by atoms with Gasteiger partial charge in [0.1, 0.15) is 12.3 Å². The normalized spacial score (nSPS) is 17.1. The van der Waals surface area contributed by atoms with Gasteiger partial charge in [-0.15, -0.1) is 0 Å². The molecular formula is C16H21N3O5. The summed E-state index contributed by atoms with van der Waals surface area (Å²) in [5.74, 6) is -1.08. The summed E-state index contributed by atoms with van der Waals surface area (Å²) < 4.78 is 11.9. The van der Waals surface area contributed by atoms with Crippen LogP contribution in [0.3, 0.4) is 0 Å². The number of urea groups is 1. The first-order valence-corrected chi connectivity index (χ1v) is 7.74. The molecule has 0 unspecified atom stereocenters. The molecule has 1 aliphatic heterocycles. The van der Waals surface area contributed by atoms with E-state index < -0.39 is 24.0 Å². The second-order valence-electron chi connectivity index (χ2n) is 5.25. The van der Waals surface area contributed by atoms with E-state index in [0.29, 0.717) is 12.1 Å². The highest BCUT2D eigenvalue weighted by Gasteiger charge is 2.32. The van der Waals surface area contributed by atoms with Crippen molar-refractivity contribution >= 4 is 18.0 Å². The van der Waals surface area contributed by atoms with Gasteiger partial charge in [0.05, 0.1) is 23.9 Å². The minimum atomic E-state index is -0.543. The Bertz CT molecular complexity index is 677. The van der Waals surface area contributed by atoms with Crippen molar-refractivity contribution in [3.63, 3.8) is 0 Å². The van der Waals surface area contributed by atoms with Crippen LogP contribution in [0, 0.1) is 0 Å². The van der Waals surface area contributed by atoms with Crippen molar-refractivity contribution < 1.29 is 23.9 Å². The first kappa shape index (κ1) is 17.6. The summed E-state index contributed by atoms with van der Waals surface area (Å²) in [5, 5.41) is 5.19. The molecule has 8 nitrogen and oxygen atoms in total. The fourth-order valence-electron chi connectivity index (χ4n) is 2.46. The fraction of sp³-hybridized carbons (Fsp3) is 0.438. The van der Waals surface area contributed by atoms with E-state index in [1.54, 1.807) is 36.9 Å². The zero-order valence-corrected chi connectivity index (χ0v) is 13.9. The number of hydrogen-bond donors (Lipinski definition) is 2. The Kier molecular flexibility index (Phi) is 5.62. The first-order valence-electron chi connectivity index (χ1n) is 7.74. The quantitative estimate of drug-likeness (QED) is 0.758. The maximum atomic E-state index is 12.2. The van der Waals surface area contributed by atoms with Crippen LogP contribution in [0.2, 0.25) is 0 Å². The van der Waals surface area contributed by atoms with Crippen molar-refractivity contribution in [3.8, 4) is 0 Å². The zero-order chi connectivity index (χ0) is 17.7. The Hall–Kier alpha value is -2.77. The van der Waals surface area contributed by atoms with Crippen LogP contribution in [0.5, 0.6) is 0 Å². The third kappa shape index (κ3) is 3.76.